The van der Waals surface area contributed by atoms with Gasteiger partial charge in [-0.25, -0.2) is 4.79 Å². The summed E-state index contributed by atoms with van der Waals surface area (Å²) in [5.74, 6) is -2.32. The summed E-state index contributed by atoms with van der Waals surface area (Å²) in [5.41, 5.74) is 0. The van der Waals surface area contributed by atoms with Crippen molar-refractivity contribution in [1.29, 1.82) is 0 Å². The van der Waals surface area contributed by atoms with E-state index in [-0.39, 0.29) is 5.92 Å². The van der Waals surface area contributed by atoms with E-state index in [1.54, 1.807) is 0 Å². The molecule has 1 saturated heterocycles. The lowest BCUT2D eigenvalue weighted by Gasteiger charge is -2.19. The molecule has 2 atom stereocenters. The molecule has 0 amide bonds. The Balaban J connectivity index is 0.000000270. The zero-order chi connectivity index (χ0) is 16.4. The van der Waals surface area contributed by atoms with Crippen LogP contribution in [0.1, 0.15) is 26.7 Å². The fourth-order valence-corrected chi connectivity index (χ4v) is 2.55. The minimum Gasteiger partial charge on any atom is -0.481 e. The molecular weight excluding hydrogens is 291 g/mol. The Labute approximate surface area is 120 Å². The van der Waals surface area contributed by atoms with Gasteiger partial charge in [0.25, 0.3) is 0 Å². The van der Waals surface area contributed by atoms with E-state index in [4.69, 9.17) is 15.0 Å². The van der Waals surface area contributed by atoms with Crippen molar-refractivity contribution in [3.8, 4) is 0 Å². The maximum Gasteiger partial charge on any atom is 0.490 e. The van der Waals surface area contributed by atoms with Gasteiger partial charge in [-0.3, -0.25) is 9.69 Å². The molecule has 0 aromatic rings. The molecule has 8 heteroatoms. The molecule has 1 heterocycles. The van der Waals surface area contributed by atoms with Gasteiger partial charge in [0.1, 0.15) is 0 Å². The maximum atomic E-state index is 11.1. The predicted molar refractivity (Wildman–Crippen MR) is 67.7 cm³/mol. The smallest absolute Gasteiger partial charge is 0.481 e. The monoisotopic (exact) mass is 311 g/mol. The lowest BCUT2D eigenvalue weighted by Crippen LogP contribution is -2.29. The summed E-state index contributed by atoms with van der Waals surface area (Å²) in [5, 5.41) is 16.3. The first kappa shape index (κ1) is 17.7. The molecule has 0 aromatic heterocycles. The number of carboxylic acid groups (broad SMARTS) is 2. The van der Waals surface area contributed by atoms with Crippen LogP contribution < -0.4 is 0 Å². The fourth-order valence-electron chi connectivity index (χ4n) is 2.55. The minimum absolute atomic E-state index is 0.107. The molecule has 1 aliphatic carbocycles. The zero-order valence-corrected chi connectivity index (χ0v) is 11.9. The van der Waals surface area contributed by atoms with Crippen molar-refractivity contribution in [2.24, 2.45) is 17.8 Å². The van der Waals surface area contributed by atoms with Gasteiger partial charge in [0, 0.05) is 19.1 Å². The number of carbonyl (C=O) groups is 2. The number of carboxylic acids is 2. The molecule has 0 radical (unpaired) electrons. The van der Waals surface area contributed by atoms with Gasteiger partial charge in [-0.1, -0.05) is 0 Å². The number of hydrogen-bond acceptors (Lipinski definition) is 3. The quantitative estimate of drug-likeness (QED) is 0.834. The largest absolute Gasteiger partial charge is 0.490 e. The molecular formula is C13H20F3NO4. The maximum absolute atomic E-state index is 11.1. The SMILES string of the molecule is CC(C)N1C[C@@H](C(=O)O)[C@H](C2CC2)C1.O=C(O)C(F)(F)F. The molecule has 2 rings (SSSR count). The van der Waals surface area contributed by atoms with E-state index in [1.165, 1.54) is 12.8 Å². The lowest BCUT2D eigenvalue weighted by atomic mass is 9.92. The Morgan fingerprint density at radius 1 is 1.14 bits per heavy atom. The number of rotatable bonds is 3. The molecule has 1 aliphatic heterocycles. The number of aliphatic carboxylic acids is 2. The van der Waals surface area contributed by atoms with Crippen molar-refractivity contribution in [2.45, 2.75) is 38.9 Å². The summed E-state index contributed by atoms with van der Waals surface area (Å²) in [6.07, 6.45) is -2.58. The number of alkyl halides is 3. The standard InChI is InChI=1S/C11H19NO2.C2HF3O2/c1-7(2)12-5-9(8-3-4-8)10(6-12)11(13)14;3-2(4,5)1(6)7/h7-10H,3-6H2,1-2H3,(H,13,14);(H,6,7)/t9-,10+;/m0./s1. The molecule has 0 aromatic carbocycles. The van der Waals surface area contributed by atoms with E-state index in [1.807, 2.05) is 0 Å². The summed E-state index contributed by atoms with van der Waals surface area (Å²) in [4.78, 5) is 22.3. The highest BCUT2D eigenvalue weighted by Gasteiger charge is 2.45. The van der Waals surface area contributed by atoms with Gasteiger partial charge < -0.3 is 10.2 Å². The molecule has 0 unspecified atom stereocenters. The zero-order valence-electron chi connectivity index (χ0n) is 11.9. The van der Waals surface area contributed by atoms with Crippen LogP contribution >= 0.6 is 0 Å². The Hall–Kier alpha value is -1.31. The molecule has 21 heavy (non-hydrogen) atoms. The Bertz CT molecular complexity index is 393. The highest BCUT2D eigenvalue weighted by molar-refractivity contribution is 5.73. The molecule has 5 nitrogen and oxygen atoms in total. The lowest BCUT2D eigenvalue weighted by molar-refractivity contribution is -0.192. The van der Waals surface area contributed by atoms with Crippen LogP contribution in [0.25, 0.3) is 0 Å². The van der Waals surface area contributed by atoms with Crippen molar-refractivity contribution >= 4 is 11.9 Å². The highest BCUT2D eigenvalue weighted by Crippen LogP contribution is 2.44. The Kier molecular flexibility index (Phi) is 5.61. The molecule has 2 N–H and O–H groups in total. The minimum atomic E-state index is -5.08. The molecule has 2 aliphatic rings. The Morgan fingerprint density at radius 3 is 1.90 bits per heavy atom. The van der Waals surface area contributed by atoms with Crippen LogP contribution in [0.3, 0.4) is 0 Å². The van der Waals surface area contributed by atoms with Crippen LogP contribution in [0.4, 0.5) is 13.2 Å². The predicted octanol–water partition coefficient (Wildman–Crippen LogP) is 2.07. The van der Waals surface area contributed by atoms with E-state index in [2.05, 4.69) is 18.7 Å². The third-order valence-corrected chi connectivity index (χ3v) is 3.91. The van der Waals surface area contributed by atoms with E-state index < -0.39 is 18.1 Å². The van der Waals surface area contributed by atoms with Gasteiger partial charge in [0.2, 0.25) is 0 Å². The molecule has 1 saturated carbocycles. The van der Waals surface area contributed by atoms with Gasteiger partial charge in [0.15, 0.2) is 0 Å². The summed E-state index contributed by atoms with van der Waals surface area (Å²) < 4.78 is 31.7. The molecule has 122 valence electrons. The normalized spacial score (nSPS) is 26.4. The summed E-state index contributed by atoms with van der Waals surface area (Å²) in [7, 11) is 0. The summed E-state index contributed by atoms with van der Waals surface area (Å²) in [6.45, 7) is 6.05. The van der Waals surface area contributed by atoms with Gasteiger partial charge >= 0.3 is 18.1 Å². The average Bonchev–Trinajstić information content (AvgIpc) is 3.06. The van der Waals surface area contributed by atoms with E-state index >= 15 is 0 Å². The average molecular weight is 311 g/mol. The van der Waals surface area contributed by atoms with Crippen LogP contribution in [0.2, 0.25) is 0 Å². The van der Waals surface area contributed by atoms with E-state index in [0.29, 0.717) is 17.9 Å². The first-order valence-electron chi connectivity index (χ1n) is 6.81. The van der Waals surface area contributed by atoms with Crippen molar-refractivity contribution in [3.05, 3.63) is 0 Å². The van der Waals surface area contributed by atoms with Crippen molar-refractivity contribution in [2.75, 3.05) is 13.1 Å². The van der Waals surface area contributed by atoms with Crippen molar-refractivity contribution < 1.29 is 33.0 Å². The fraction of sp³-hybridized carbons (Fsp3) is 0.846. The van der Waals surface area contributed by atoms with Crippen LogP contribution in [0.15, 0.2) is 0 Å². The number of likely N-dealkylation sites (tertiary alicyclic amines) is 1. The van der Waals surface area contributed by atoms with Gasteiger partial charge in [-0.15, -0.1) is 0 Å². The van der Waals surface area contributed by atoms with Gasteiger partial charge in [-0.05, 0) is 38.5 Å². The summed E-state index contributed by atoms with van der Waals surface area (Å²) >= 11 is 0. The second-order valence-corrected chi connectivity index (χ2v) is 5.80. The first-order chi connectivity index (χ1) is 9.54. The number of nitrogens with zero attached hydrogens (tertiary/aromatic N) is 1. The second kappa shape index (κ2) is 6.64. The van der Waals surface area contributed by atoms with Crippen LogP contribution in [0.5, 0.6) is 0 Å². The first-order valence-corrected chi connectivity index (χ1v) is 6.81. The molecule has 0 bridgehead atoms. The number of halogens is 3. The molecule has 2 fully saturated rings. The van der Waals surface area contributed by atoms with Crippen molar-refractivity contribution in [1.82, 2.24) is 4.90 Å². The van der Waals surface area contributed by atoms with E-state index in [9.17, 15) is 18.0 Å². The Morgan fingerprint density at radius 2 is 1.62 bits per heavy atom. The summed E-state index contributed by atoms with van der Waals surface area (Å²) in [6, 6.07) is 0.487. The van der Waals surface area contributed by atoms with Crippen LogP contribution in [-0.4, -0.2) is 52.4 Å². The van der Waals surface area contributed by atoms with Crippen LogP contribution in [0, 0.1) is 17.8 Å². The second-order valence-electron chi connectivity index (χ2n) is 5.80. The van der Waals surface area contributed by atoms with E-state index in [0.717, 1.165) is 13.1 Å². The third-order valence-electron chi connectivity index (χ3n) is 3.91. The van der Waals surface area contributed by atoms with Crippen molar-refractivity contribution in [3.63, 3.8) is 0 Å². The number of hydrogen-bond donors (Lipinski definition) is 2. The van der Waals surface area contributed by atoms with Crippen LogP contribution in [-0.2, 0) is 9.59 Å². The van der Waals surface area contributed by atoms with Gasteiger partial charge in [-0.2, -0.15) is 13.2 Å². The van der Waals surface area contributed by atoms with Gasteiger partial charge in [0.05, 0.1) is 5.92 Å². The topological polar surface area (TPSA) is 77.8 Å². The third kappa shape index (κ3) is 5.18. The highest BCUT2D eigenvalue weighted by atomic mass is 19.4. The molecule has 0 spiro atoms.